The van der Waals surface area contributed by atoms with E-state index in [0.29, 0.717) is 12.5 Å². The third-order valence-corrected chi connectivity index (χ3v) is 5.93. The number of nitrogens with zero attached hydrogens (tertiary/aromatic N) is 6. The van der Waals surface area contributed by atoms with Gasteiger partial charge in [0.05, 0.1) is 5.56 Å². The lowest BCUT2D eigenvalue weighted by atomic mass is 9.86. The Hall–Kier alpha value is -1.80. The van der Waals surface area contributed by atoms with Gasteiger partial charge in [0, 0.05) is 25.0 Å². The Morgan fingerprint density at radius 2 is 2.23 bits per heavy atom. The highest BCUT2D eigenvalue weighted by Gasteiger charge is 2.44. The molecule has 0 radical (unpaired) electrons. The van der Waals surface area contributed by atoms with Crippen LogP contribution < -0.4 is 0 Å². The van der Waals surface area contributed by atoms with Gasteiger partial charge in [0.1, 0.15) is 5.54 Å². The van der Waals surface area contributed by atoms with E-state index in [0.717, 1.165) is 43.7 Å². The fraction of sp³-hybridized carbons (Fsp3) is 0.667. The summed E-state index contributed by atoms with van der Waals surface area (Å²) in [6.45, 7) is 6.59. The molecular formula is C18H28N6OS. The monoisotopic (exact) mass is 376 g/mol. The summed E-state index contributed by atoms with van der Waals surface area (Å²) in [5.74, 6) is 1.55. The Bertz CT molecular complexity index is 726. The number of thiophene rings is 1. The smallest absolute Gasteiger partial charge is 0.254 e. The van der Waals surface area contributed by atoms with Crippen LogP contribution in [0.5, 0.6) is 0 Å². The quantitative estimate of drug-likeness (QED) is 0.775. The predicted octanol–water partition coefficient (Wildman–Crippen LogP) is 2.47. The molecule has 0 N–H and O–H groups in total. The van der Waals surface area contributed by atoms with Crippen molar-refractivity contribution >= 4 is 17.2 Å². The Labute approximate surface area is 159 Å². The molecule has 1 aliphatic rings. The molecule has 8 heteroatoms. The molecule has 26 heavy (non-hydrogen) atoms. The van der Waals surface area contributed by atoms with Gasteiger partial charge in [-0.3, -0.25) is 9.69 Å². The molecule has 0 aliphatic carbocycles. The zero-order chi connectivity index (χ0) is 18.7. The van der Waals surface area contributed by atoms with Crippen molar-refractivity contribution in [3.8, 4) is 0 Å². The summed E-state index contributed by atoms with van der Waals surface area (Å²) in [7, 11) is 4.11. The average molecular weight is 377 g/mol. The molecule has 0 saturated carbocycles. The number of aromatic nitrogens is 4. The van der Waals surface area contributed by atoms with Crippen molar-refractivity contribution in [1.29, 1.82) is 0 Å². The second-order valence-electron chi connectivity index (χ2n) is 7.68. The van der Waals surface area contributed by atoms with Gasteiger partial charge in [0.25, 0.3) is 5.91 Å². The van der Waals surface area contributed by atoms with E-state index in [1.165, 1.54) is 0 Å². The maximum absolute atomic E-state index is 12.9. The van der Waals surface area contributed by atoms with Crippen molar-refractivity contribution in [2.45, 2.75) is 45.2 Å². The number of hydrogen-bond donors (Lipinski definition) is 0. The van der Waals surface area contributed by atoms with Gasteiger partial charge in [-0.2, -0.15) is 11.3 Å². The molecule has 2 aromatic heterocycles. The van der Waals surface area contributed by atoms with E-state index in [1.807, 2.05) is 26.4 Å². The van der Waals surface area contributed by atoms with Crippen molar-refractivity contribution in [3.63, 3.8) is 0 Å². The molecular weight excluding hydrogens is 348 g/mol. The van der Waals surface area contributed by atoms with Crippen LogP contribution in [0.1, 0.15) is 49.3 Å². The second kappa shape index (κ2) is 7.84. The normalized spacial score (nSPS) is 20.9. The lowest BCUT2D eigenvalue weighted by Crippen LogP contribution is -2.56. The first-order valence-corrected chi connectivity index (χ1v) is 10.1. The van der Waals surface area contributed by atoms with Gasteiger partial charge in [-0.1, -0.05) is 13.8 Å². The lowest BCUT2D eigenvalue weighted by molar-refractivity contribution is 0.0257. The third kappa shape index (κ3) is 3.66. The van der Waals surface area contributed by atoms with Gasteiger partial charge in [-0.15, -0.1) is 5.10 Å². The first-order valence-electron chi connectivity index (χ1n) is 9.19. The molecule has 1 aliphatic heterocycles. The Morgan fingerprint density at radius 1 is 1.42 bits per heavy atom. The molecule has 142 valence electrons. The number of hydrogen-bond acceptors (Lipinski definition) is 6. The summed E-state index contributed by atoms with van der Waals surface area (Å²) in [5.41, 5.74) is 0.411. The maximum atomic E-state index is 12.9. The summed E-state index contributed by atoms with van der Waals surface area (Å²) < 4.78 is 1.93. The highest BCUT2D eigenvalue weighted by atomic mass is 32.1. The molecule has 1 fully saturated rings. The number of likely N-dealkylation sites (N-methyl/N-ethyl adjacent to an activating group) is 1. The van der Waals surface area contributed by atoms with Gasteiger partial charge in [0.15, 0.2) is 5.82 Å². The van der Waals surface area contributed by atoms with Crippen molar-refractivity contribution in [3.05, 3.63) is 28.2 Å². The molecule has 7 nitrogen and oxygen atoms in total. The van der Waals surface area contributed by atoms with Crippen molar-refractivity contribution in [2.24, 2.45) is 5.92 Å². The fourth-order valence-electron chi connectivity index (χ4n) is 3.59. The molecule has 1 unspecified atom stereocenters. The van der Waals surface area contributed by atoms with Crippen LogP contribution in [0.4, 0.5) is 0 Å². The average Bonchev–Trinajstić information content (AvgIpc) is 3.31. The largest absolute Gasteiger partial charge is 0.336 e. The topological polar surface area (TPSA) is 67.2 Å². The Morgan fingerprint density at radius 3 is 2.88 bits per heavy atom. The Kier molecular flexibility index (Phi) is 5.72. The Balaban J connectivity index is 1.88. The number of carbonyl (C=O) groups excluding carboxylic acids is 1. The van der Waals surface area contributed by atoms with Gasteiger partial charge in [-0.25, -0.2) is 4.68 Å². The minimum Gasteiger partial charge on any atom is -0.336 e. The van der Waals surface area contributed by atoms with E-state index < -0.39 is 0 Å². The van der Waals surface area contributed by atoms with E-state index in [2.05, 4.69) is 48.4 Å². The number of carbonyl (C=O) groups is 1. The molecule has 0 aromatic carbocycles. The zero-order valence-corrected chi connectivity index (χ0v) is 16.9. The van der Waals surface area contributed by atoms with Crippen LogP contribution in [-0.2, 0) is 12.1 Å². The van der Waals surface area contributed by atoms with E-state index in [1.54, 1.807) is 11.3 Å². The number of piperidine rings is 1. The van der Waals surface area contributed by atoms with Gasteiger partial charge in [0.2, 0.25) is 0 Å². The van der Waals surface area contributed by atoms with Crippen molar-refractivity contribution in [2.75, 3.05) is 27.2 Å². The van der Waals surface area contributed by atoms with Crippen LogP contribution in [0.15, 0.2) is 16.8 Å². The first-order chi connectivity index (χ1) is 12.4. The molecule has 0 bridgehead atoms. The van der Waals surface area contributed by atoms with Crippen molar-refractivity contribution in [1.82, 2.24) is 30.0 Å². The second-order valence-corrected chi connectivity index (χ2v) is 8.46. The molecule has 0 spiro atoms. The van der Waals surface area contributed by atoms with E-state index in [4.69, 9.17) is 0 Å². The summed E-state index contributed by atoms with van der Waals surface area (Å²) in [6.07, 6.45) is 2.90. The standard InChI is InChI=1S/C18H28N6OS/c1-14(2)6-10-24-17(19-20-21-24)18(22(3)4)8-5-9-23(13-18)16(25)15-7-11-26-12-15/h7,11-12,14H,5-6,8-10,13H2,1-4H3. The molecule has 1 amide bonds. The predicted molar refractivity (Wildman–Crippen MR) is 102 cm³/mol. The van der Waals surface area contributed by atoms with Crippen LogP contribution in [0.3, 0.4) is 0 Å². The number of amides is 1. The van der Waals surface area contributed by atoms with Crippen molar-refractivity contribution < 1.29 is 4.79 Å². The molecule has 1 atom stereocenters. The minimum atomic E-state index is -0.357. The number of tetrazole rings is 1. The summed E-state index contributed by atoms with van der Waals surface area (Å²) in [4.78, 5) is 17.0. The van der Waals surface area contributed by atoms with E-state index in [-0.39, 0.29) is 11.4 Å². The fourth-order valence-corrected chi connectivity index (χ4v) is 4.22. The van der Waals surface area contributed by atoms with E-state index in [9.17, 15) is 4.79 Å². The molecule has 3 heterocycles. The van der Waals surface area contributed by atoms with Crippen LogP contribution in [-0.4, -0.2) is 63.1 Å². The maximum Gasteiger partial charge on any atom is 0.254 e. The molecule has 3 rings (SSSR count). The summed E-state index contributed by atoms with van der Waals surface area (Å²) in [5, 5.41) is 16.5. The number of rotatable bonds is 6. The molecule has 2 aromatic rings. The van der Waals surface area contributed by atoms with Crippen LogP contribution >= 0.6 is 11.3 Å². The minimum absolute atomic E-state index is 0.0957. The lowest BCUT2D eigenvalue weighted by Gasteiger charge is -2.45. The van der Waals surface area contributed by atoms with Crippen LogP contribution in [0, 0.1) is 5.92 Å². The SMILES string of the molecule is CC(C)CCn1nnnc1C1(N(C)C)CCCN(C(=O)c2ccsc2)C1. The van der Waals surface area contributed by atoms with Gasteiger partial charge < -0.3 is 4.90 Å². The number of aryl methyl sites for hydroxylation is 1. The highest BCUT2D eigenvalue weighted by molar-refractivity contribution is 7.08. The number of likely N-dealkylation sites (tertiary alicyclic amines) is 1. The van der Waals surface area contributed by atoms with Gasteiger partial charge >= 0.3 is 0 Å². The highest BCUT2D eigenvalue weighted by Crippen LogP contribution is 2.35. The van der Waals surface area contributed by atoms with E-state index >= 15 is 0 Å². The third-order valence-electron chi connectivity index (χ3n) is 5.25. The zero-order valence-electron chi connectivity index (χ0n) is 16.1. The summed E-state index contributed by atoms with van der Waals surface area (Å²) >= 11 is 1.55. The summed E-state index contributed by atoms with van der Waals surface area (Å²) in [6, 6.07) is 1.89. The molecule has 1 saturated heterocycles. The van der Waals surface area contributed by atoms with Crippen LogP contribution in [0.25, 0.3) is 0 Å². The van der Waals surface area contributed by atoms with Gasteiger partial charge in [-0.05, 0) is 61.1 Å². The first kappa shape index (κ1) is 19.0. The van der Waals surface area contributed by atoms with Crippen LogP contribution in [0.2, 0.25) is 0 Å².